The number of anilines is 1. The molecular formula is C19H19N3O2S2. The van der Waals surface area contributed by atoms with Crippen molar-refractivity contribution in [3.63, 3.8) is 0 Å². The van der Waals surface area contributed by atoms with Gasteiger partial charge in [0.15, 0.2) is 5.78 Å². The molecule has 0 fully saturated rings. The molecule has 0 spiro atoms. The summed E-state index contributed by atoms with van der Waals surface area (Å²) in [6.07, 6.45) is 1.54. The number of aryl methyl sites for hydroxylation is 2. The molecule has 3 aromatic rings. The van der Waals surface area contributed by atoms with Crippen LogP contribution in [0.5, 0.6) is 0 Å². The summed E-state index contributed by atoms with van der Waals surface area (Å²) in [5.74, 6) is -0.165. The van der Waals surface area contributed by atoms with Crippen molar-refractivity contribution in [2.45, 2.75) is 38.0 Å². The fourth-order valence-electron chi connectivity index (χ4n) is 2.52. The van der Waals surface area contributed by atoms with Crippen LogP contribution in [0.15, 0.2) is 35.6 Å². The summed E-state index contributed by atoms with van der Waals surface area (Å²) in [4.78, 5) is 34.9. The van der Waals surface area contributed by atoms with Crippen LogP contribution in [0.2, 0.25) is 0 Å². The molecule has 1 atom stereocenters. The maximum Gasteiger partial charge on any atom is 0.237 e. The number of nitrogens with one attached hydrogen (secondary N) is 1. The molecule has 0 unspecified atom stereocenters. The SMILES string of the molecule is CC(=O)c1cccc(NC(=O)[C@H](C)Sc2ncnc3sc(C)c(C)c23)c1. The Labute approximate surface area is 160 Å². The van der Waals surface area contributed by atoms with Gasteiger partial charge < -0.3 is 5.32 Å². The quantitative estimate of drug-likeness (QED) is 0.394. The first-order valence-electron chi connectivity index (χ1n) is 8.16. The monoisotopic (exact) mass is 385 g/mol. The second kappa shape index (κ2) is 7.55. The smallest absolute Gasteiger partial charge is 0.237 e. The minimum Gasteiger partial charge on any atom is -0.325 e. The number of fused-ring (bicyclic) bond motifs is 1. The van der Waals surface area contributed by atoms with Gasteiger partial charge >= 0.3 is 0 Å². The second-order valence-corrected chi connectivity index (χ2v) is 8.56. The van der Waals surface area contributed by atoms with E-state index in [4.69, 9.17) is 0 Å². The van der Waals surface area contributed by atoms with Gasteiger partial charge in [0, 0.05) is 21.5 Å². The number of carbonyl (C=O) groups is 2. The molecule has 7 heteroatoms. The molecule has 0 radical (unpaired) electrons. The van der Waals surface area contributed by atoms with E-state index < -0.39 is 0 Å². The van der Waals surface area contributed by atoms with E-state index in [9.17, 15) is 9.59 Å². The number of ketones is 1. The maximum absolute atomic E-state index is 12.6. The minimum atomic E-state index is -0.339. The Bertz CT molecular complexity index is 998. The van der Waals surface area contributed by atoms with E-state index in [0.717, 1.165) is 20.8 Å². The first kappa shape index (κ1) is 18.5. The predicted octanol–water partition coefficient (Wildman–Crippen LogP) is 4.63. The number of carbonyl (C=O) groups excluding carboxylic acids is 2. The van der Waals surface area contributed by atoms with Gasteiger partial charge in [0.05, 0.1) is 5.25 Å². The molecule has 134 valence electrons. The molecule has 1 N–H and O–H groups in total. The van der Waals surface area contributed by atoms with Crippen LogP contribution in [-0.2, 0) is 4.79 Å². The van der Waals surface area contributed by atoms with Gasteiger partial charge in [-0.1, -0.05) is 23.9 Å². The normalized spacial score (nSPS) is 12.2. The Morgan fingerprint density at radius 1 is 1.23 bits per heavy atom. The lowest BCUT2D eigenvalue weighted by Crippen LogP contribution is -2.22. The van der Waals surface area contributed by atoms with Crippen LogP contribution >= 0.6 is 23.1 Å². The fraction of sp³-hybridized carbons (Fsp3) is 0.263. The topological polar surface area (TPSA) is 72.0 Å². The number of amides is 1. The lowest BCUT2D eigenvalue weighted by atomic mass is 10.1. The lowest BCUT2D eigenvalue weighted by molar-refractivity contribution is -0.115. The van der Waals surface area contributed by atoms with Gasteiger partial charge in [0.2, 0.25) is 5.91 Å². The molecular weight excluding hydrogens is 366 g/mol. The highest BCUT2D eigenvalue weighted by Gasteiger charge is 2.19. The van der Waals surface area contributed by atoms with Gasteiger partial charge in [0.1, 0.15) is 16.2 Å². The molecule has 0 bridgehead atoms. The molecule has 0 saturated carbocycles. The molecule has 2 heterocycles. The van der Waals surface area contributed by atoms with E-state index in [1.54, 1.807) is 41.9 Å². The Hall–Kier alpha value is -2.25. The Kier molecular flexibility index (Phi) is 5.38. The van der Waals surface area contributed by atoms with Gasteiger partial charge in [-0.25, -0.2) is 9.97 Å². The summed E-state index contributed by atoms with van der Waals surface area (Å²) in [6, 6.07) is 6.95. The molecule has 2 aromatic heterocycles. The predicted molar refractivity (Wildman–Crippen MR) is 107 cm³/mol. The highest BCUT2D eigenvalue weighted by molar-refractivity contribution is 8.00. The Morgan fingerprint density at radius 2 is 2.00 bits per heavy atom. The summed E-state index contributed by atoms with van der Waals surface area (Å²) < 4.78 is 0. The Balaban J connectivity index is 1.78. The third-order valence-electron chi connectivity index (χ3n) is 4.12. The second-order valence-electron chi connectivity index (χ2n) is 6.03. The summed E-state index contributed by atoms with van der Waals surface area (Å²) in [7, 11) is 0. The molecule has 1 amide bonds. The van der Waals surface area contributed by atoms with Gasteiger partial charge in [-0.15, -0.1) is 11.3 Å². The zero-order valence-corrected chi connectivity index (χ0v) is 16.6. The number of thiophene rings is 1. The van der Waals surface area contributed by atoms with Crippen molar-refractivity contribution in [1.29, 1.82) is 0 Å². The van der Waals surface area contributed by atoms with E-state index in [2.05, 4.69) is 29.1 Å². The highest BCUT2D eigenvalue weighted by Crippen LogP contribution is 2.36. The number of thioether (sulfide) groups is 1. The number of hydrogen-bond donors (Lipinski definition) is 1. The van der Waals surface area contributed by atoms with Crippen molar-refractivity contribution in [2.75, 3.05) is 5.32 Å². The number of Topliss-reactive ketones (excluding diaryl/α,β-unsaturated/α-hetero) is 1. The van der Waals surface area contributed by atoms with Crippen LogP contribution in [0.25, 0.3) is 10.2 Å². The van der Waals surface area contributed by atoms with E-state index in [1.807, 2.05) is 6.92 Å². The van der Waals surface area contributed by atoms with Crippen molar-refractivity contribution >= 4 is 50.7 Å². The third kappa shape index (κ3) is 3.78. The lowest BCUT2D eigenvalue weighted by Gasteiger charge is -2.12. The van der Waals surface area contributed by atoms with Crippen molar-refractivity contribution in [1.82, 2.24) is 9.97 Å². The van der Waals surface area contributed by atoms with Crippen molar-refractivity contribution < 1.29 is 9.59 Å². The zero-order valence-electron chi connectivity index (χ0n) is 15.0. The molecule has 0 saturated heterocycles. The van der Waals surface area contributed by atoms with E-state index in [1.165, 1.54) is 23.6 Å². The van der Waals surface area contributed by atoms with Crippen LogP contribution in [0.3, 0.4) is 0 Å². The third-order valence-corrected chi connectivity index (χ3v) is 6.34. The van der Waals surface area contributed by atoms with Gasteiger partial charge in [-0.2, -0.15) is 0 Å². The van der Waals surface area contributed by atoms with Gasteiger partial charge in [0.25, 0.3) is 0 Å². The van der Waals surface area contributed by atoms with Crippen LogP contribution < -0.4 is 5.32 Å². The van der Waals surface area contributed by atoms with Crippen molar-refractivity contribution in [3.05, 3.63) is 46.6 Å². The highest BCUT2D eigenvalue weighted by atomic mass is 32.2. The molecule has 5 nitrogen and oxygen atoms in total. The van der Waals surface area contributed by atoms with E-state index in [-0.39, 0.29) is 16.9 Å². The standard InChI is InChI=1S/C19H19N3O2S2/c1-10-12(3)25-18-16(10)19(21-9-20-18)26-13(4)17(24)22-15-7-5-6-14(8-15)11(2)23/h5-9,13H,1-4H3,(H,22,24)/t13-/m0/s1. The van der Waals surface area contributed by atoms with Crippen LogP contribution in [0.1, 0.15) is 34.6 Å². The zero-order chi connectivity index (χ0) is 18.8. The maximum atomic E-state index is 12.6. The first-order valence-corrected chi connectivity index (χ1v) is 9.85. The minimum absolute atomic E-state index is 0.0322. The van der Waals surface area contributed by atoms with Gasteiger partial charge in [-0.05, 0) is 45.4 Å². The average Bonchev–Trinajstić information content (AvgIpc) is 2.90. The number of rotatable bonds is 5. The number of aromatic nitrogens is 2. The first-order chi connectivity index (χ1) is 12.4. The summed E-state index contributed by atoms with van der Waals surface area (Å²) in [6.45, 7) is 7.47. The van der Waals surface area contributed by atoms with E-state index >= 15 is 0 Å². The van der Waals surface area contributed by atoms with E-state index in [0.29, 0.717) is 11.3 Å². The molecule has 0 aliphatic carbocycles. The van der Waals surface area contributed by atoms with Crippen LogP contribution in [0.4, 0.5) is 5.69 Å². The van der Waals surface area contributed by atoms with Crippen LogP contribution in [-0.4, -0.2) is 26.9 Å². The summed E-state index contributed by atoms with van der Waals surface area (Å²) in [5.41, 5.74) is 2.35. The summed E-state index contributed by atoms with van der Waals surface area (Å²) in [5, 5.41) is 4.38. The fourth-order valence-corrected chi connectivity index (χ4v) is 4.56. The summed E-state index contributed by atoms with van der Waals surface area (Å²) >= 11 is 3.05. The number of benzene rings is 1. The average molecular weight is 386 g/mol. The van der Waals surface area contributed by atoms with Crippen molar-refractivity contribution in [3.8, 4) is 0 Å². The molecule has 0 aliphatic heterocycles. The van der Waals surface area contributed by atoms with Crippen molar-refractivity contribution in [2.24, 2.45) is 0 Å². The molecule has 1 aromatic carbocycles. The molecule has 26 heavy (non-hydrogen) atoms. The largest absolute Gasteiger partial charge is 0.325 e. The molecule has 3 rings (SSSR count). The van der Waals surface area contributed by atoms with Gasteiger partial charge in [-0.3, -0.25) is 9.59 Å². The van der Waals surface area contributed by atoms with Crippen LogP contribution in [0, 0.1) is 13.8 Å². The Morgan fingerprint density at radius 3 is 2.73 bits per heavy atom. The number of nitrogens with zero attached hydrogens (tertiary/aromatic N) is 2. The number of hydrogen-bond acceptors (Lipinski definition) is 6. The molecule has 0 aliphatic rings.